The zero-order valence-electron chi connectivity index (χ0n) is 15.7. The second-order valence-electron chi connectivity index (χ2n) is 7.11. The molecule has 0 amide bonds. The van der Waals surface area contributed by atoms with Crippen molar-refractivity contribution in [1.29, 1.82) is 0 Å². The van der Waals surface area contributed by atoms with Crippen molar-refractivity contribution in [2.24, 2.45) is 0 Å². The molecule has 0 N–H and O–H groups in total. The first-order valence-corrected chi connectivity index (χ1v) is 10.5. The zero-order chi connectivity index (χ0) is 19.2. The van der Waals surface area contributed by atoms with Crippen LogP contribution in [0, 0.1) is 20.8 Å². The van der Waals surface area contributed by atoms with Crippen molar-refractivity contribution in [3.05, 3.63) is 77.1 Å². The molecule has 0 saturated carbocycles. The Morgan fingerprint density at radius 3 is 2.30 bits per heavy atom. The van der Waals surface area contributed by atoms with Gasteiger partial charge in [-0.2, -0.15) is 0 Å². The predicted molar refractivity (Wildman–Crippen MR) is 109 cm³/mol. The lowest BCUT2D eigenvalue weighted by molar-refractivity contribution is 0.591. The Labute approximate surface area is 160 Å². The number of fused-ring (bicyclic) bond motifs is 1. The van der Waals surface area contributed by atoms with Crippen molar-refractivity contribution in [3.8, 4) is 11.1 Å². The van der Waals surface area contributed by atoms with Crippen molar-refractivity contribution in [3.63, 3.8) is 0 Å². The summed E-state index contributed by atoms with van der Waals surface area (Å²) in [4.78, 5) is 4.45. The van der Waals surface area contributed by atoms with Gasteiger partial charge in [-0.15, -0.1) is 0 Å². The van der Waals surface area contributed by atoms with Gasteiger partial charge in [0.1, 0.15) is 0 Å². The fourth-order valence-corrected chi connectivity index (χ4v) is 5.47. The lowest BCUT2D eigenvalue weighted by Gasteiger charge is -2.22. The van der Waals surface area contributed by atoms with Crippen LogP contribution in [0.2, 0.25) is 0 Å². The van der Waals surface area contributed by atoms with Crippen molar-refractivity contribution in [2.75, 3.05) is 10.8 Å². The number of hydrogen-bond donors (Lipinski definition) is 0. The summed E-state index contributed by atoms with van der Waals surface area (Å²) >= 11 is 0. The largest absolute Gasteiger partial charge is 0.266 e. The summed E-state index contributed by atoms with van der Waals surface area (Å²) in [5.41, 5.74) is 6.90. The minimum atomic E-state index is -3.58. The molecule has 27 heavy (non-hydrogen) atoms. The van der Waals surface area contributed by atoms with Gasteiger partial charge in [0.2, 0.25) is 0 Å². The van der Waals surface area contributed by atoms with E-state index < -0.39 is 10.0 Å². The van der Waals surface area contributed by atoms with E-state index in [9.17, 15) is 8.42 Å². The summed E-state index contributed by atoms with van der Waals surface area (Å²) in [7, 11) is -3.58. The van der Waals surface area contributed by atoms with Crippen molar-refractivity contribution in [2.45, 2.75) is 32.1 Å². The summed E-state index contributed by atoms with van der Waals surface area (Å²) in [6, 6.07) is 13.7. The molecule has 5 heteroatoms. The molecule has 3 aromatic rings. The summed E-state index contributed by atoms with van der Waals surface area (Å²) < 4.78 is 28.3. The van der Waals surface area contributed by atoms with Gasteiger partial charge in [0.25, 0.3) is 10.0 Å². The van der Waals surface area contributed by atoms with Crippen LogP contribution in [0.25, 0.3) is 11.1 Å². The molecule has 4 rings (SSSR count). The van der Waals surface area contributed by atoms with E-state index in [0.29, 0.717) is 11.4 Å². The molecule has 0 saturated heterocycles. The predicted octanol–water partition coefficient (Wildman–Crippen LogP) is 4.43. The molecule has 4 nitrogen and oxygen atoms in total. The van der Waals surface area contributed by atoms with Gasteiger partial charge in [0.15, 0.2) is 0 Å². The van der Waals surface area contributed by atoms with Crippen LogP contribution in [-0.2, 0) is 16.4 Å². The van der Waals surface area contributed by atoms with E-state index >= 15 is 0 Å². The van der Waals surface area contributed by atoms with Crippen LogP contribution in [0.15, 0.2) is 59.8 Å². The molecule has 1 aliphatic rings. The Morgan fingerprint density at radius 1 is 0.852 bits per heavy atom. The Hall–Kier alpha value is -2.66. The molecular weight excluding hydrogens is 356 g/mol. The molecule has 0 unspecified atom stereocenters. The van der Waals surface area contributed by atoms with E-state index in [0.717, 1.165) is 45.5 Å². The summed E-state index contributed by atoms with van der Waals surface area (Å²) in [6.07, 6.45) is 4.25. The Balaban J connectivity index is 1.75. The molecule has 138 valence electrons. The highest BCUT2D eigenvalue weighted by Crippen LogP contribution is 2.36. The average Bonchev–Trinajstić information content (AvgIpc) is 3.09. The number of pyridine rings is 1. The molecule has 1 aliphatic heterocycles. The highest BCUT2D eigenvalue weighted by molar-refractivity contribution is 7.93. The van der Waals surface area contributed by atoms with Gasteiger partial charge in [-0.05, 0) is 90.9 Å². The second-order valence-corrected chi connectivity index (χ2v) is 8.94. The number of aromatic nitrogens is 1. The first kappa shape index (κ1) is 17.7. The maximum absolute atomic E-state index is 13.4. The van der Waals surface area contributed by atoms with Crippen LogP contribution in [0.3, 0.4) is 0 Å². The number of rotatable bonds is 3. The van der Waals surface area contributed by atoms with Crippen molar-refractivity contribution in [1.82, 2.24) is 4.98 Å². The van der Waals surface area contributed by atoms with E-state index in [4.69, 9.17) is 0 Å². The smallest absolute Gasteiger partial charge is 0.264 e. The first-order chi connectivity index (χ1) is 12.9. The quantitative estimate of drug-likeness (QED) is 0.678. The molecular formula is C22H22N2O2S. The minimum absolute atomic E-state index is 0.400. The molecule has 2 heterocycles. The number of anilines is 1. The van der Waals surface area contributed by atoms with Gasteiger partial charge in [0, 0.05) is 18.9 Å². The third-order valence-electron chi connectivity index (χ3n) is 5.31. The maximum Gasteiger partial charge on any atom is 0.264 e. The minimum Gasteiger partial charge on any atom is -0.266 e. The SMILES string of the molecule is Cc1cc(C)c(S(=O)(=O)N2CCc3cc(-c4ccncc4)ccc32)cc1C. The van der Waals surface area contributed by atoms with E-state index in [2.05, 4.69) is 11.1 Å². The van der Waals surface area contributed by atoms with E-state index in [1.165, 1.54) is 0 Å². The monoisotopic (exact) mass is 378 g/mol. The highest BCUT2D eigenvalue weighted by atomic mass is 32.2. The number of aryl methyl sites for hydroxylation is 3. The van der Waals surface area contributed by atoms with E-state index in [-0.39, 0.29) is 0 Å². The molecule has 0 atom stereocenters. The van der Waals surface area contributed by atoms with Gasteiger partial charge in [-0.25, -0.2) is 8.42 Å². The van der Waals surface area contributed by atoms with E-state index in [1.807, 2.05) is 51.1 Å². The van der Waals surface area contributed by atoms with Gasteiger partial charge in [-0.1, -0.05) is 12.1 Å². The maximum atomic E-state index is 13.4. The topological polar surface area (TPSA) is 50.3 Å². The fraction of sp³-hybridized carbons (Fsp3) is 0.227. The molecule has 0 aliphatic carbocycles. The summed E-state index contributed by atoms with van der Waals surface area (Å²) in [5, 5.41) is 0. The Bertz CT molecular complexity index is 1120. The Kier molecular flexibility index (Phi) is 4.27. The normalized spacial score (nSPS) is 13.7. The zero-order valence-corrected chi connectivity index (χ0v) is 16.5. The number of hydrogen-bond acceptors (Lipinski definition) is 3. The van der Waals surface area contributed by atoms with Crippen LogP contribution in [0.5, 0.6) is 0 Å². The summed E-state index contributed by atoms with van der Waals surface area (Å²) in [6.45, 7) is 6.30. The van der Waals surface area contributed by atoms with Gasteiger partial charge < -0.3 is 0 Å². The second kappa shape index (κ2) is 6.50. The van der Waals surface area contributed by atoms with Gasteiger partial charge in [-0.3, -0.25) is 9.29 Å². The molecule has 0 bridgehead atoms. The number of sulfonamides is 1. The molecule has 0 fully saturated rings. The average molecular weight is 378 g/mol. The number of benzene rings is 2. The lowest BCUT2D eigenvalue weighted by Crippen LogP contribution is -2.29. The Morgan fingerprint density at radius 2 is 1.56 bits per heavy atom. The molecule has 0 radical (unpaired) electrons. The van der Waals surface area contributed by atoms with Gasteiger partial charge >= 0.3 is 0 Å². The van der Waals surface area contributed by atoms with Crippen LogP contribution in [0.1, 0.15) is 22.3 Å². The molecule has 2 aromatic carbocycles. The number of nitrogens with zero attached hydrogens (tertiary/aromatic N) is 2. The van der Waals surface area contributed by atoms with Crippen LogP contribution in [-0.4, -0.2) is 19.9 Å². The standard InChI is InChI=1S/C22H22N2O2S/c1-15-12-17(3)22(13-16(15)2)27(25,26)24-11-8-20-14-19(4-5-21(20)24)18-6-9-23-10-7-18/h4-7,9-10,12-14H,8,11H2,1-3H3. The first-order valence-electron chi connectivity index (χ1n) is 9.02. The van der Waals surface area contributed by atoms with Crippen molar-refractivity contribution >= 4 is 15.7 Å². The van der Waals surface area contributed by atoms with E-state index in [1.54, 1.807) is 22.8 Å². The van der Waals surface area contributed by atoms with Crippen LogP contribution in [0.4, 0.5) is 5.69 Å². The lowest BCUT2D eigenvalue weighted by atomic mass is 10.0. The van der Waals surface area contributed by atoms with Gasteiger partial charge in [0.05, 0.1) is 10.6 Å². The third-order valence-corrected chi connectivity index (χ3v) is 7.26. The molecule has 1 aromatic heterocycles. The van der Waals surface area contributed by atoms with Crippen LogP contribution < -0.4 is 4.31 Å². The van der Waals surface area contributed by atoms with Crippen LogP contribution >= 0.6 is 0 Å². The summed E-state index contributed by atoms with van der Waals surface area (Å²) in [5.74, 6) is 0. The fourth-order valence-electron chi connectivity index (χ4n) is 3.68. The highest BCUT2D eigenvalue weighted by Gasteiger charge is 2.32. The molecule has 0 spiro atoms. The third kappa shape index (κ3) is 3.02. The van der Waals surface area contributed by atoms with Crippen molar-refractivity contribution < 1.29 is 8.42 Å².